The number of H-pyrrole nitrogens is 1. The molecule has 21 heavy (non-hydrogen) atoms. The van der Waals surface area contributed by atoms with Gasteiger partial charge in [-0.15, -0.1) is 11.3 Å². The number of thiophene rings is 1. The quantitative estimate of drug-likeness (QED) is 0.718. The maximum atomic E-state index is 11.7. The molecule has 4 heteroatoms. The van der Waals surface area contributed by atoms with E-state index < -0.39 is 0 Å². The predicted molar refractivity (Wildman–Crippen MR) is 86.0 cm³/mol. The predicted octanol–water partition coefficient (Wildman–Crippen LogP) is 4.19. The monoisotopic (exact) mass is 299 g/mol. The van der Waals surface area contributed by atoms with Crippen molar-refractivity contribution < 1.29 is 9.53 Å². The number of rotatable bonds is 5. The van der Waals surface area contributed by atoms with Gasteiger partial charge in [0.15, 0.2) is 0 Å². The smallest absolute Gasteiger partial charge is 0.354 e. The van der Waals surface area contributed by atoms with Gasteiger partial charge in [-0.2, -0.15) is 0 Å². The Labute approximate surface area is 127 Å². The average Bonchev–Trinajstić information content (AvgIpc) is 3.05. The van der Waals surface area contributed by atoms with Gasteiger partial charge >= 0.3 is 5.97 Å². The zero-order valence-electron chi connectivity index (χ0n) is 11.9. The van der Waals surface area contributed by atoms with Crippen molar-refractivity contribution in [2.75, 3.05) is 6.61 Å². The van der Waals surface area contributed by atoms with Crippen molar-refractivity contribution in [1.29, 1.82) is 0 Å². The largest absolute Gasteiger partial charge is 0.461 e. The third-order valence-electron chi connectivity index (χ3n) is 3.35. The average molecular weight is 299 g/mol. The van der Waals surface area contributed by atoms with Crippen LogP contribution in [0.4, 0.5) is 0 Å². The molecule has 0 atom stereocenters. The zero-order chi connectivity index (χ0) is 14.7. The molecule has 0 unspecified atom stereocenters. The second-order valence-electron chi connectivity index (χ2n) is 4.88. The summed E-state index contributed by atoms with van der Waals surface area (Å²) >= 11 is 1.73. The molecule has 3 aromatic rings. The summed E-state index contributed by atoms with van der Waals surface area (Å²) in [5, 5.41) is 0. The van der Waals surface area contributed by atoms with Crippen molar-refractivity contribution >= 4 is 27.5 Å². The summed E-state index contributed by atoms with van der Waals surface area (Å²) in [6.45, 7) is 2.21. The number of aryl methyl sites for hydroxylation is 2. The van der Waals surface area contributed by atoms with Gasteiger partial charge in [-0.05, 0) is 37.5 Å². The number of ether oxygens (including phenoxy) is 1. The van der Waals surface area contributed by atoms with E-state index in [4.69, 9.17) is 4.74 Å². The summed E-state index contributed by atoms with van der Waals surface area (Å²) < 4.78 is 6.11. The van der Waals surface area contributed by atoms with Crippen LogP contribution in [-0.4, -0.2) is 17.6 Å². The third-order valence-corrected chi connectivity index (χ3v) is 4.50. The van der Waals surface area contributed by atoms with Crippen LogP contribution in [0.25, 0.3) is 10.2 Å². The summed E-state index contributed by atoms with van der Waals surface area (Å²) in [5.41, 5.74) is 2.90. The Balaban J connectivity index is 1.70. The van der Waals surface area contributed by atoms with Crippen molar-refractivity contribution in [2.45, 2.75) is 19.8 Å². The van der Waals surface area contributed by atoms with Crippen LogP contribution < -0.4 is 0 Å². The minimum absolute atomic E-state index is 0.285. The number of hydrogen-bond acceptors (Lipinski definition) is 3. The number of hydrogen-bond donors (Lipinski definition) is 1. The second kappa shape index (κ2) is 6.14. The Kier molecular flexibility index (Phi) is 4.06. The summed E-state index contributed by atoms with van der Waals surface area (Å²) in [4.78, 5) is 16.1. The number of benzene rings is 1. The molecule has 0 spiro atoms. The molecule has 2 heterocycles. The lowest BCUT2D eigenvalue weighted by Crippen LogP contribution is -2.04. The first kappa shape index (κ1) is 13.9. The normalized spacial score (nSPS) is 10.9. The highest BCUT2D eigenvalue weighted by Crippen LogP contribution is 2.27. The zero-order valence-corrected chi connectivity index (χ0v) is 12.7. The second-order valence-corrected chi connectivity index (χ2v) is 6.05. The van der Waals surface area contributed by atoms with Gasteiger partial charge in [0, 0.05) is 4.88 Å². The van der Waals surface area contributed by atoms with Gasteiger partial charge in [0.25, 0.3) is 0 Å². The maximum Gasteiger partial charge on any atom is 0.354 e. The topological polar surface area (TPSA) is 42.1 Å². The molecule has 0 bridgehead atoms. The van der Waals surface area contributed by atoms with E-state index in [1.807, 2.05) is 19.1 Å². The van der Waals surface area contributed by atoms with E-state index in [2.05, 4.69) is 35.3 Å². The molecule has 108 valence electrons. The van der Waals surface area contributed by atoms with E-state index in [9.17, 15) is 4.79 Å². The molecule has 0 radical (unpaired) electrons. The van der Waals surface area contributed by atoms with E-state index >= 15 is 0 Å². The fourth-order valence-electron chi connectivity index (χ4n) is 2.33. The van der Waals surface area contributed by atoms with Crippen LogP contribution in [0.1, 0.15) is 27.9 Å². The molecular formula is C17H17NO2S. The van der Waals surface area contributed by atoms with Crippen LogP contribution >= 0.6 is 11.3 Å². The maximum absolute atomic E-state index is 11.7. The summed E-state index contributed by atoms with van der Waals surface area (Å²) in [6, 6.07) is 14.5. The van der Waals surface area contributed by atoms with Gasteiger partial charge < -0.3 is 9.72 Å². The van der Waals surface area contributed by atoms with Crippen LogP contribution in [0.2, 0.25) is 0 Å². The number of fused-ring (bicyclic) bond motifs is 1. The Morgan fingerprint density at radius 1 is 1.19 bits per heavy atom. The minimum Gasteiger partial charge on any atom is -0.461 e. The van der Waals surface area contributed by atoms with Gasteiger partial charge in [-0.3, -0.25) is 0 Å². The highest BCUT2D eigenvalue weighted by atomic mass is 32.1. The van der Waals surface area contributed by atoms with E-state index in [1.54, 1.807) is 11.3 Å². The van der Waals surface area contributed by atoms with Crippen LogP contribution in [-0.2, 0) is 17.6 Å². The first-order valence-electron chi connectivity index (χ1n) is 7.08. The van der Waals surface area contributed by atoms with Crippen molar-refractivity contribution in [3.63, 3.8) is 0 Å². The fourth-order valence-corrected chi connectivity index (χ4v) is 3.39. The van der Waals surface area contributed by atoms with Gasteiger partial charge in [-0.25, -0.2) is 4.79 Å². The molecule has 0 aliphatic carbocycles. The molecule has 0 aliphatic heterocycles. The Hall–Kier alpha value is -2.07. The lowest BCUT2D eigenvalue weighted by Gasteiger charge is -1.99. The fraction of sp³-hybridized carbons (Fsp3) is 0.235. The Morgan fingerprint density at radius 2 is 2.00 bits per heavy atom. The van der Waals surface area contributed by atoms with E-state index in [0.717, 1.165) is 23.1 Å². The number of aromatic nitrogens is 1. The molecule has 2 aromatic heterocycles. The number of nitrogens with one attached hydrogen (secondary N) is 1. The summed E-state index contributed by atoms with van der Waals surface area (Å²) in [6.07, 6.45) is 2.06. The van der Waals surface area contributed by atoms with Crippen molar-refractivity contribution in [2.24, 2.45) is 0 Å². The number of carbonyl (C=O) groups excluding carboxylic acids is 1. The van der Waals surface area contributed by atoms with E-state index in [-0.39, 0.29) is 5.97 Å². The molecule has 3 rings (SSSR count). The van der Waals surface area contributed by atoms with E-state index in [1.165, 1.54) is 10.4 Å². The minimum atomic E-state index is -0.285. The van der Waals surface area contributed by atoms with Gasteiger partial charge in [0.05, 0.1) is 16.8 Å². The lowest BCUT2D eigenvalue weighted by molar-refractivity contribution is 0.0520. The molecular weight excluding hydrogens is 282 g/mol. The van der Waals surface area contributed by atoms with Crippen LogP contribution in [0, 0.1) is 0 Å². The van der Waals surface area contributed by atoms with Gasteiger partial charge in [0.1, 0.15) is 5.69 Å². The Bertz CT molecular complexity index is 711. The van der Waals surface area contributed by atoms with Gasteiger partial charge in [0.2, 0.25) is 0 Å². The number of esters is 1. The molecule has 1 aromatic carbocycles. The molecule has 0 fully saturated rings. The van der Waals surface area contributed by atoms with Crippen LogP contribution in [0.15, 0.2) is 42.5 Å². The highest BCUT2D eigenvalue weighted by Gasteiger charge is 2.12. The van der Waals surface area contributed by atoms with Crippen LogP contribution in [0.3, 0.4) is 0 Å². The highest BCUT2D eigenvalue weighted by molar-refractivity contribution is 7.19. The molecule has 0 saturated heterocycles. The summed E-state index contributed by atoms with van der Waals surface area (Å²) in [5.74, 6) is -0.285. The SMILES string of the molecule is CCOC(=O)c1cc2sc(CCc3ccccc3)cc2[nH]1. The van der Waals surface area contributed by atoms with Crippen molar-refractivity contribution in [3.8, 4) is 0 Å². The van der Waals surface area contributed by atoms with Gasteiger partial charge in [-0.1, -0.05) is 30.3 Å². The number of aromatic amines is 1. The summed E-state index contributed by atoms with van der Waals surface area (Å²) in [7, 11) is 0. The van der Waals surface area contributed by atoms with Crippen LogP contribution in [0.5, 0.6) is 0 Å². The standard InChI is InChI=1S/C17H17NO2S/c1-2-20-17(19)15-11-16-14(18-15)10-13(21-16)9-8-12-6-4-3-5-7-12/h3-7,10-11,18H,2,8-9H2,1H3. The van der Waals surface area contributed by atoms with Crippen molar-refractivity contribution in [3.05, 3.63) is 58.6 Å². The number of carbonyl (C=O) groups is 1. The first-order chi connectivity index (χ1) is 10.3. The molecule has 1 N–H and O–H groups in total. The molecule has 0 aliphatic rings. The molecule has 3 nitrogen and oxygen atoms in total. The molecule has 0 amide bonds. The Morgan fingerprint density at radius 3 is 2.71 bits per heavy atom. The first-order valence-corrected chi connectivity index (χ1v) is 7.90. The third kappa shape index (κ3) is 3.16. The van der Waals surface area contributed by atoms with E-state index in [0.29, 0.717) is 12.3 Å². The lowest BCUT2D eigenvalue weighted by atomic mass is 10.1. The molecule has 0 saturated carbocycles. The van der Waals surface area contributed by atoms with Crippen molar-refractivity contribution in [1.82, 2.24) is 4.98 Å².